The van der Waals surface area contributed by atoms with Crippen molar-refractivity contribution in [2.24, 2.45) is 0 Å². The highest BCUT2D eigenvalue weighted by Gasteiger charge is 2.11. The average molecular weight is 363 g/mol. The van der Waals surface area contributed by atoms with Crippen molar-refractivity contribution in [2.45, 2.75) is 0 Å². The van der Waals surface area contributed by atoms with Crippen molar-refractivity contribution in [2.75, 3.05) is 26.1 Å². The normalized spacial score (nSPS) is 10.3. The lowest BCUT2D eigenvalue weighted by atomic mass is 10.1. The van der Waals surface area contributed by atoms with E-state index in [9.17, 15) is 10.1 Å². The number of carbonyl (C=O) groups is 1. The number of nitrogens with one attached hydrogen (secondary N) is 1. The van der Waals surface area contributed by atoms with Crippen molar-refractivity contribution in [3.05, 3.63) is 53.6 Å². The molecule has 0 aromatic heterocycles. The summed E-state index contributed by atoms with van der Waals surface area (Å²) in [5.74, 6) is 0.836. The largest absolute Gasteiger partial charge is 0.497 e. The Kier molecular flexibility index (Phi) is 6.81. The van der Waals surface area contributed by atoms with Crippen LogP contribution in [0.2, 0.25) is 0 Å². The van der Waals surface area contributed by atoms with Gasteiger partial charge in [0.25, 0.3) is 5.91 Å². The molecule has 0 atom stereocenters. The summed E-state index contributed by atoms with van der Waals surface area (Å²) in [7, 11) is 2.99. The Morgan fingerprint density at radius 2 is 1.93 bits per heavy atom. The molecular weight excluding hydrogens is 346 g/mol. The van der Waals surface area contributed by atoms with Crippen LogP contribution >= 0.6 is 0 Å². The zero-order chi connectivity index (χ0) is 19.6. The summed E-state index contributed by atoms with van der Waals surface area (Å²) in [6, 6.07) is 15.5. The van der Waals surface area contributed by atoms with E-state index >= 15 is 0 Å². The van der Waals surface area contributed by atoms with Gasteiger partial charge in [-0.25, -0.2) is 0 Å². The summed E-state index contributed by atoms with van der Waals surface area (Å²) in [5.41, 5.74) is 1.01. The second kappa shape index (κ2) is 9.50. The minimum Gasteiger partial charge on any atom is -0.497 e. The van der Waals surface area contributed by atoms with Crippen molar-refractivity contribution in [1.82, 2.24) is 0 Å². The molecule has 0 radical (unpaired) electrons. The zero-order valence-corrected chi connectivity index (χ0v) is 14.9. The Labute approximate surface area is 157 Å². The van der Waals surface area contributed by atoms with Gasteiger partial charge in [-0.05, 0) is 35.9 Å². The number of carbonyl (C=O) groups excluding carboxylic acids is 1. The molecular formula is C20H17N3O4. The molecule has 7 heteroatoms. The van der Waals surface area contributed by atoms with Gasteiger partial charge in [-0.15, -0.1) is 0 Å². The topological polar surface area (TPSA) is 104 Å². The standard InChI is InChI=1S/C20H17N3O4/c1-25-17-5-3-4-16(12-17)23-20(24)15(13-22)10-14-6-7-18(27-9-8-21)19(11-14)26-2/h3-7,10-12H,9H2,1-2H3,(H,23,24)/b15-10-. The minimum absolute atomic E-state index is 0.0782. The van der Waals surface area contributed by atoms with Gasteiger partial charge in [-0.1, -0.05) is 12.1 Å². The molecule has 7 nitrogen and oxygen atoms in total. The molecule has 0 aliphatic heterocycles. The van der Waals surface area contributed by atoms with Gasteiger partial charge in [0.05, 0.1) is 14.2 Å². The van der Waals surface area contributed by atoms with Crippen molar-refractivity contribution in [1.29, 1.82) is 10.5 Å². The van der Waals surface area contributed by atoms with Crippen LogP contribution < -0.4 is 19.5 Å². The summed E-state index contributed by atoms with van der Waals surface area (Å²) in [5, 5.41) is 20.6. The number of rotatable bonds is 7. The molecule has 0 saturated heterocycles. The fourth-order valence-electron chi connectivity index (χ4n) is 2.22. The summed E-state index contributed by atoms with van der Waals surface area (Å²) < 4.78 is 15.6. The number of hydrogen-bond donors (Lipinski definition) is 1. The van der Waals surface area contributed by atoms with Gasteiger partial charge in [0.1, 0.15) is 23.5 Å². The van der Waals surface area contributed by atoms with E-state index in [2.05, 4.69) is 5.32 Å². The van der Waals surface area contributed by atoms with E-state index in [0.29, 0.717) is 28.5 Å². The van der Waals surface area contributed by atoms with Gasteiger partial charge in [-0.3, -0.25) is 4.79 Å². The quantitative estimate of drug-likeness (QED) is 0.598. The molecule has 0 fully saturated rings. The molecule has 1 amide bonds. The Morgan fingerprint density at radius 3 is 2.59 bits per heavy atom. The predicted molar refractivity (Wildman–Crippen MR) is 99.3 cm³/mol. The van der Waals surface area contributed by atoms with Gasteiger partial charge in [0.15, 0.2) is 18.1 Å². The van der Waals surface area contributed by atoms with Crippen molar-refractivity contribution in [3.8, 4) is 29.4 Å². The lowest BCUT2D eigenvalue weighted by Crippen LogP contribution is -2.13. The van der Waals surface area contributed by atoms with Gasteiger partial charge < -0.3 is 19.5 Å². The Morgan fingerprint density at radius 1 is 1.11 bits per heavy atom. The molecule has 0 heterocycles. The number of methoxy groups -OCH3 is 2. The first-order valence-corrected chi connectivity index (χ1v) is 7.86. The van der Waals surface area contributed by atoms with E-state index in [4.69, 9.17) is 19.5 Å². The third kappa shape index (κ3) is 5.25. The minimum atomic E-state index is -0.547. The van der Waals surface area contributed by atoms with Crippen molar-refractivity contribution < 1.29 is 19.0 Å². The maximum atomic E-state index is 12.4. The van der Waals surface area contributed by atoms with Crippen molar-refractivity contribution >= 4 is 17.7 Å². The third-order valence-corrected chi connectivity index (χ3v) is 3.48. The first kappa shape index (κ1) is 19.4. The zero-order valence-electron chi connectivity index (χ0n) is 14.9. The molecule has 0 bridgehead atoms. The molecule has 1 N–H and O–H groups in total. The Hall–Kier alpha value is -3.97. The van der Waals surface area contributed by atoms with Crippen LogP contribution in [0.4, 0.5) is 5.69 Å². The summed E-state index contributed by atoms with van der Waals surface area (Å²) in [6.45, 7) is -0.113. The highest BCUT2D eigenvalue weighted by Crippen LogP contribution is 2.29. The highest BCUT2D eigenvalue weighted by atomic mass is 16.5. The van der Waals surface area contributed by atoms with Crippen LogP contribution in [0.3, 0.4) is 0 Å². The van der Waals surface area contributed by atoms with Crippen molar-refractivity contribution in [3.63, 3.8) is 0 Å². The van der Waals surface area contributed by atoms with E-state index in [1.165, 1.54) is 20.3 Å². The second-order valence-corrected chi connectivity index (χ2v) is 5.21. The number of nitriles is 2. The predicted octanol–water partition coefficient (Wildman–Crippen LogP) is 3.15. The summed E-state index contributed by atoms with van der Waals surface area (Å²) in [6.07, 6.45) is 1.44. The van der Waals surface area contributed by atoms with Crippen LogP contribution in [0.15, 0.2) is 48.0 Å². The number of benzene rings is 2. The van der Waals surface area contributed by atoms with Crippen LogP contribution in [0.25, 0.3) is 6.08 Å². The summed E-state index contributed by atoms with van der Waals surface area (Å²) >= 11 is 0. The molecule has 0 saturated carbocycles. The molecule has 2 aromatic carbocycles. The lowest BCUT2D eigenvalue weighted by molar-refractivity contribution is -0.112. The van der Waals surface area contributed by atoms with Gasteiger partial charge in [0, 0.05) is 11.8 Å². The number of anilines is 1. The molecule has 0 aliphatic carbocycles. The van der Waals surface area contributed by atoms with E-state index in [-0.39, 0.29) is 12.2 Å². The molecule has 0 unspecified atom stereocenters. The number of hydrogen-bond acceptors (Lipinski definition) is 6. The first-order chi connectivity index (χ1) is 13.1. The smallest absolute Gasteiger partial charge is 0.266 e. The monoisotopic (exact) mass is 363 g/mol. The fourth-order valence-corrected chi connectivity index (χ4v) is 2.22. The number of ether oxygens (including phenoxy) is 3. The van der Waals surface area contributed by atoms with E-state index < -0.39 is 5.91 Å². The van der Waals surface area contributed by atoms with E-state index in [1.54, 1.807) is 42.5 Å². The van der Waals surface area contributed by atoms with Gasteiger partial charge in [-0.2, -0.15) is 10.5 Å². The molecule has 136 valence electrons. The molecule has 2 rings (SSSR count). The SMILES string of the molecule is COc1cccc(NC(=O)/C(C#N)=C\c2ccc(OCC#N)c(OC)c2)c1. The van der Waals surface area contributed by atoms with Crippen LogP contribution in [-0.4, -0.2) is 26.7 Å². The molecule has 27 heavy (non-hydrogen) atoms. The maximum Gasteiger partial charge on any atom is 0.266 e. The fraction of sp³-hybridized carbons (Fsp3) is 0.150. The number of nitrogens with zero attached hydrogens (tertiary/aromatic N) is 2. The van der Waals surface area contributed by atoms with E-state index in [0.717, 1.165) is 0 Å². The van der Waals surface area contributed by atoms with Gasteiger partial charge >= 0.3 is 0 Å². The van der Waals surface area contributed by atoms with Crippen LogP contribution in [0, 0.1) is 22.7 Å². The molecule has 2 aromatic rings. The van der Waals surface area contributed by atoms with Crippen LogP contribution in [0.5, 0.6) is 17.2 Å². The number of amides is 1. The first-order valence-electron chi connectivity index (χ1n) is 7.86. The third-order valence-electron chi connectivity index (χ3n) is 3.48. The molecule has 0 aliphatic rings. The maximum absolute atomic E-state index is 12.4. The lowest BCUT2D eigenvalue weighted by Gasteiger charge is -2.09. The van der Waals surface area contributed by atoms with Crippen LogP contribution in [-0.2, 0) is 4.79 Å². The summed E-state index contributed by atoms with van der Waals surface area (Å²) in [4.78, 5) is 12.4. The molecule has 0 spiro atoms. The Bertz CT molecular complexity index is 939. The van der Waals surface area contributed by atoms with E-state index in [1.807, 2.05) is 12.1 Å². The second-order valence-electron chi connectivity index (χ2n) is 5.21. The average Bonchev–Trinajstić information content (AvgIpc) is 2.70. The Balaban J connectivity index is 2.23. The highest BCUT2D eigenvalue weighted by molar-refractivity contribution is 6.09. The van der Waals surface area contributed by atoms with Crippen LogP contribution in [0.1, 0.15) is 5.56 Å². The van der Waals surface area contributed by atoms with Gasteiger partial charge in [0.2, 0.25) is 0 Å².